The Morgan fingerprint density at radius 1 is 1.13 bits per heavy atom. The van der Waals surface area contributed by atoms with Crippen LogP contribution >= 0.6 is 0 Å². The highest BCUT2D eigenvalue weighted by Crippen LogP contribution is 2.43. The number of hydrogen-bond acceptors (Lipinski definition) is 1. The molecule has 0 bridgehead atoms. The Hall–Kier alpha value is -0.530. The van der Waals surface area contributed by atoms with Gasteiger partial charge in [-0.3, -0.25) is 4.79 Å². The van der Waals surface area contributed by atoms with Crippen molar-refractivity contribution in [2.75, 3.05) is 0 Å². The standard InChI is InChI=1S/C21H39NO/c1-14(2)18-10-9-16(5)12-19(18)20(23)22-17-8-7-11-21(6,13-17)15(3)4/h14-19H,7-13H2,1-6H3,(H,22,23). The van der Waals surface area contributed by atoms with Crippen LogP contribution in [0.2, 0.25) is 0 Å². The third-order valence-electron chi connectivity index (χ3n) is 7.11. The highest BCUT2D eigenvalue weighted by atomic mass is 16.2. The van der Waals surface area contributed by atoms with Crippen molar-refractivity contribution in [1.29, 1.82) is 0 Å². The van der Waals surface area contributed by atoms with E-state index < -0.39 is 0 Å². The predicted octanol–water partition coefficient (Wildman–Crippen LogP) is 5.42. The molecule has 1 amide bonds. The molecule has 0 radical (unpaired) electrons. The summed E-state index contributed by atoms with van der Waals surface area (Å²) in [6.07, 6.45) is 8.50. The summed E-state index contributed by atoms with van der Waals surface area (Å²) in [5, 5.41) is 3.47. The van der Waals surface area contributed by atoms with Gasteiger partial charge in [0.05, 0.1) is 0 Å². The molecule has 2 aliphatic carbocycles. The summed E-state index contributed by atoms with van der Waals surface area (Å²) in [4.78, 5) is 13.0. The van der Waals surface area contributed by atoms with E-state index in [9.17, 15) is 4.79 Å². The van der Waals surface area contributed by atoms with Crippen molar-refractivity contribution < 1.29 is 4.79 Å². The molecule has 0 aromatic rings. The average Bonchev–Trinajstić information content (AvgIpc) is 2.46. The van der Waals surface area contributed by atoms with E-state index in [-0.39, 0.29) is 5.92 Å². The van der Waals surface area contributed by atoms with Crippen LogP contribution in [0.4, 0.5) is 0 Å². The van der Waals surface area contributed by atoms with Crippen LogP contribution in [0.1, 0.15) is 86.5 Å². The molecule has 134 valence electrons. The highest BCUT2D eigenvalue weighted by Gasteiger charge is 2.39. The fraction of sp³-hybridized carbons (Fsp3) is 0.952. The van der Waals surface area contributed by atoms with E-state index in [1.54, 1.807) is 0 Å². The molecule has 0 spiro atoms. The number of hydrogen-bond donors (Lipinski definition) is 1. The normalized spacial score (nSPS) is 38.8. The second-order valence-corrected chi connectivity index (χ2v) is 9.54. The van der Waals surface area contributed by atoms with E-state index in [4.69, 9.17) is 0 Å². The molecule has 5 unspecified atom stereocenters. The van der Waals surface area contributed by atoms with E-state index >= 15 is 0 Å². The van der Waals surface area contributed by atoms with E-state index in [1.165, 1.54) is 32.1 Å². The zero-order chi connectivity index (χ0) is 17.2. The summed E-state index contributed by atoms with van der Waals surface area (Å²) in [6, 6.07) is 0.397. The largest absolute Gasteiger partial charge is 0.353 e. The van der Waals surface area contributed by atoms with Crippen molar-refractivity contribution in [3.8, 4) is 0 Å². The Morgan fingerprint density at radius 3 is 2.43 bits per heavy atom. The molecule has 23 heavy (non-hydrogen) atoms. The molecular weight excluding hydrogens is 282 g/mol. The summed E-state index contributed by atoms with van der Waals surface area (Å²) in [5.74, 6) is 3.18. The van der Waals surface area contributed by atoms with Gasteiger partial charge in [0.1, 0.15) is 0 Å². The van der Waals surface area contributed by atoms with Gasteiger partial charge in [0.15, 0.2) is 0 Å². The Morgan fingerprint density at radius 2 is 1.83 bits per heavy atom. The van der Waals surface area contributed by atoms with Crippen LogP contribution in [0.25, 0.3) is 0 Å². The van der Waals surface area contributed by atoms with Crippen molar-refractivity contribution in [3.05, 3.63) is 0 Å². The lowest BCUT2D eigenvalue weighted by molar-refractivity contribution is -0.130. The topological polar surface area (TPSA) is 29.1 Å². The molecule has 2 rings (SSSR count). The second kappa shape index (κ2) is 7.57. The molecule has 2 heteroatoms. The molecule has 2 aliphatic rings. The first-order valence-electron chi connectivity index (χ1n) is 10.0. The smallest absolute Gasteiger partial charge is 0.223 e. The summed E-state index contributed by atoms with van der Waals surface area (Å²) < 4.78 is 0. The zero-order valence-corrected chi connectivity index (χ0v) is 16.3. The molecule has 0 aromatic heterocycles. The maximum atomic E-state index is 13.0. The van der Waals surface area contributed by atoms with Gasteiger partial charge in [-0.25, -0.2) is 0 Å². The molecule has 0 saturated heterocycles. The van der Waals surface area contributed by atoms with E-state index in [1.807, 2.05) is 0 Å². The molecule has 0 heterocycles. The SMILES string of the molecule is CC1CCC(C(C)C)C(C(=O)NC2CCCC(C)(C(C)C)C2)C1. The zero-order valence-electron chi connectivity index (χ0n) is 16.3. The van der Waals surface area contributed by atoms with Gasteiger partial charge in [0.25, 0.3) is 0 Å². The van der Waals surface area contributed by atoms with Gasteiger partial charge >= 0.3 is 0 Å². The first-order chi connectivity index (χ1) is 10.7. The molecular formula is C21H39NO. The van der Waals surface area contributed by atoms with Crippen LogP contribution in [0, 0.1) is 35.0 Å². The van der Waals surface area contributed by atoms with Gasteiger partial charge in [0, 0.05) is 12.0 Å². The summed E-state index contributed by atoms with van der Waals surface area (Å²) >= 11 is 0. The van der Waals surface area contributed by atoms with Crippen molar-refractivity contribution >= 4 is 5.91 Å². The highest BCUT2D eigenvalue weighted by molar-refractivity contribution is 5.79. The van der Waals surface area contributed by atoms with Crippen LogP contribution in [-0.2, 0) is 4.79 Å². The van der Waals surface area contributed by atoms with Crippen molar-refractivity contribution in [3.63, 3.8) is 0 Å². The molecule has 0 aliphatic heterocycles. The minimum absolute atomic E-state index is 0.242. The number of amides is 1. The van der Waals surface area contributed by atoms with E-state index in [2.05, 4.69) is 46.9 Å². The maximum Gasteiger partial charge on any atom is 0.223 e. The molecule has 2 saturated carbocycles. The number of carbonyl (C=O) groups excluding carboxylic acids is 1. The first kappa shape index (κ1) is 18.8. The van der Waals surface area contributed by atoms with Gasteiger partial charge in [-0.1, -0.05) is 54.4 Å². The van der Waals surface area contributed by atoms with Crippen LogP contribution < -0.4 is 5.32 Å². The van der Waals surface area contributed by atoms with Gasteiger partial charge in [0.2, 0.25) is 5.91 Å². The molecule has 1 N–H and O–H groups in total. The lowest BCUT2D eigenvalue weighted by Gasteiger charge is -2.43. The summed E-state index contributed by atoms with van der Waals surface area (Å²) in [6.45, 7) is 14.0. The first-order valence-corrected chi connectivity index (χ1v) is 10.0. The van der Waals surface area contributed by atoms with Gasteiger partial charge in [-0.2, -0.15) is 0 Å². The Labute approximate surface area is 144 Å². The van der Waals surface area contributed by atoms with Crippen LogP contribution in [-0.4, -0.2) is 11.9 Å². The number of carbonyl (C=O) groups is 1. The fourth-order valence-electron chi connectivity index (χ4n) is 4.98. The quantitative estimate of drug-likeness (QED) is 0.736. The maximum absolute atomic E-state index is 13.0. The Bertz CT molecular complexity index is 403. The molecule has 5 atom stereocenters. The fourth-order valence-corrected chi connectivity index (χ4v) is 4.98. The third-order valence-corrected chi connectivity index (χ3v) is 7.11. The van der Waals surface area contributed by atoms with Crippen molar-refractivity contribution in [1.82, 2.24) is 5.32 Å². The second-order valence-electron chi connectivity index (χ2n) is 9.54. The van der Waals surface area contributed by atoms with Crippen LogP contribution in [0.15, 0.2) is 0 Å². The van der Waals surface area contributed by atoms with E-state index in [0.717, 1.165) is 12.8 Å². The minimum atomic E-state index is 0.242. The lowest BCUT2D eigenvalue weighted by Crippen LogP contribution is -2.47. The van der Waals surface area contributed by atoms with E-state index in [0.29, 0.717) is 41.0 Å². The van der Waals surface area contributed by atoms with Crippen LogP contribution in [0.3, 0.4) is 0 Å². The Kier molecular flexibility index (Phi) is 6.19. The Balaban J connectivity index is 1.99. The third kappa shape index (κ3) is 4.51. The van der Waals surface area contributed by atoms with Crippen molar-refractivity contribution in [2.24, 2.45) is 35.0 Å². The monoisotopic (exact) mass is 321 g/mol. The lowest BCUT2D eigenvalue weighted by atomic mass is 9.66. The minimum Gasteiger partial charge on any atom is -0.353 e. The number of nitrogens with one attached hydrogen (secondary N) is 1. The number of rotatable bonds is 4. The molecule has 2 nitrogen and oxygen atoms in total. The molecule has 0 aromatic carbocycles. The predicted molar refractivity (Wildman–Crippen MR) is 98.2 cm³/mol. The van der Waals surface area contributed by atoms with Gasteiger partial charge in [-0.15, -0.1) is 0 Å². The van der Waals surface area contributed by atoms with Crippen LogP contribution in [0.5, 0.6) is 0 Å². The summed E-state index contributed by atoms with van der Waals surface area (Å²) in [5.41, 5.74) is 0.396. The van der Waals surface area contributed by atoms with Gasteiger partial charge < -0.3 is 5.32 Å². The molecule has 2 fully saturated rings. The average molecular weight is 322 g/mol. The summed E-state index contributed by atoms with van der Waals surface area (Å²) in [7, 11) is 0. The van der Waals surface area contributed by atoms with Crippen molar-refractivity contribution in [2.45, 2.75) is 92.5 Å². The van der Waals surface area contributed by atoms with Gasteiger partial charge in [-0.05, 0) is 61.2 Å².